The minimum absolute atomic E-state index is 0.0680. The van der Waals surface area contributed by atoms with Gasteiger partial charge in [-0.1, -0.05) is 0 Å². The molecule has 1 aromatic rings. The number of carbonyl (C=O) groups is 2. The second kappa shape index (κ2) is 6.80. The van der Waals surface area contributed by atoms with Crippen molar-refractivity contribution in [3.05, 3.63) is 16.1 Å². The molecule has 0 spiro atoms. The van der Waals surface area contributed by atoms with Crippen LogP contribution in [0.25, 0.3) is 0 Å². The summed E-state index contributed by atoms with van der Waals surface area (Å²) in [5, 5.41) is 4.03. The minimum Gasteiger partial charge on any atom is -0.461 e. The van der Waals surface area contributed by atoms with Crippen molar-refractivity contribution in [2.24, 2.45) is 0 Å². The normalized spacial score (nSPS) is 12.8. The lowest BCUT2D eigenvalue weighted by Gasteiger charge is -2.11. The van der Waals surface area contributed by atoms with E-state index in [1.165, 1.54) is 5.38 Å². The molecular formula is C11H16N2O5S2. The number of esters is 1. The molecule has 1 rings (SSSR count). The minimum atomic E-state index is -3.17. The highest BCUT2D eigenvalue weighted by atomic mass is 32.2. The number of amides is 1. The highest BCUT2D eigenvalue weighted by Gasteiger charge is 2.19. The number of nitrogens with one attached hydrogen (secondary N) is 1. The largest absolute Gasteiger partial charge is 0.461 e. The van der Waals surface area contributed by atoms with E-state index in [0.717, 1.165) is 17.6 Å². The van der Waals surface area contributed by atoms with Crippen LogP contribution in [-0.4, -0.2) is 49.9 Å². The third-order valence-electron chi connectivity index (χ3n) is 2.12. The summed E-state index contributed by atoms with van der Waals surface area (Å²) in [6, 6.07) is -0.537. The number of ether oxygens (including phenoxy) is 1. The van der Waals surface area contributed by atoms with Crippen LogP contribution in [0.4, 0.5) is 0 Å². The molecule has 0 saturated carbocycles. The number of hydrogen-bond acceptors (Lipinski definition) is 7. The van der Waals surface area contributed by atoms with E-state index < -0.39 is 27.8 Å². The highest BCUT2D eigenvalue weighted by Crippen LogP contribution is 2.11. The molecule has 1 atom stereocenters. The first kappa shape index (κ1) is 16.6. The molecule has 0 aliphatic rings. The van der Waals surface area contributed by atoms with Crippen LogP contribution in [0.15, 0.2) is 5.38 Å². The summed E-state index contributed by atoms with van der Waals surface area (Å²) in [6.07, 6.45) is 1.09. The molecule has 1 heterocycles. The van der Waals surface area contributed by atoms with E-state index >= 15 is 0 Å². The Labute approximate surface area is 121 Å². The highest BCUT2D eigenvalue weighted by molar-refractivity contribution is 7.90. The number of aromatic nitrogens is 1. The van der Waals surface area contributed by atoms with Crippen LogP contribution in [0, 0.1) is 0 Å². The number of sulfone groups is 1. The van der Waals surface area contributed by atoms with Crippen LogP contribution in [-0.2, 0) is 14.6 Å². The summed E-state index contributed by atoms with van der Waals surface area (Å²) in [6.45, 7) is 3.48. The maximum atomic E-state index is 11.8. The Kier molecular flexibility index (Phi) is 5.63. The maximum absolute atomic E-state index is 11.8. The Hall–Kier alpha value is -1.48. The average molecular weight is 320 g/mol. The topological polar surface area (TPSA) is 102 Å². The van der Waals surface area contributed by atoms with E-state index in [1.54, 1.807) is 13.8 Å². The fourth-order valence-corrected chi connectivity index (χ4v) is 3.14. The Bertz CT molecular complexity index is 594. The number of thiazole rings is 1. The summed E-state index contributed by atoms with van der Waals surface area (Å²) in [4.78, 5) is 27.1. The molecule has 9 heteroatoms. The predicted molar refractivity (Wildman–Crippen MR) is 74.7 cm³/mol. The van der Waals surface area contributed by atoms with E-state index in [0.29, 0.717) is 0 Å². The maximum Gasteiger partial charge on any atom is 0.367 e. The van der Waals surface area contributed by atoms with Gasteiger partial charge in [0.15, 0.2) is 0 Å². The number of carbonyl (C=O) groups excluding carboxylic acids is 2. The van der Waals surface area contributed by atoms with Gasteiger partial charge < -0.3 is 10.1 Å². The zero-order chi connectivity index (χ0) is 15.3. The van der Waals surface area contributed by atoms with Gasteiger partial charge in [0, 0.05) is 17.7 Å². The third kappa shape index (κ3) is 5.25. The molecule has 1 N–H and O–H groups in total. The lowest BCUT2D eigenvalue weighted by molar-refractivity contribution is 0.0526. The zero-order valence-electron chi connectivity index (χ0n) is 11.4. The third-order valence-corrected chi connectivity index (χ3v) is 4.04. The van der Waals surface area contributed by atoms with E-state index in [2.05, 4.69) is 10.3 Å². The van der Waals surface area contributed by atoms with Crippen molar-refractivity contribution in [1.82, 2.24) is 10.3 Å². The van der Waals surface area contributed by atoms with Crippen LogP contribution >= 0.6 is 11.3 Å². The molecule has 112 valence electrons. The van der Waals surface area contributed by atoms with Gasteiger partial charge in [-0.05, 0) is 13.8 Å². The summed E-state index contributed by atoms with van der Waals surface area (Å²) >= 11 is 1.00. The van der Waals surface area contributed by atoms with Gasteiger partial charge in [0.1, 0.15) is 15.5 Å². The van der Waals surface area contributed by atoms with Crippen LogP contribution in [0.2, 0.25) is 0 Å². The van der Waals surface area contributed by atoms with Gasteiger partial charge in [-0.2, -0.15) is 0 Å². The molecule has 7 nitrogen and oxygen atoms in total. The number of hydrogen-bond donors (Lipinski definition) is 1. The van der Waals surface area contributed by atoms with Gasteiger partial charge >= 0.3 is 5.97 Å². The van der Waals surface area contributed by atoms with Gasteiger partial charge in [-0.3, -0.25) is 4.79 Å². The van der Waals surface area contributed by atoms with Gasteiger partial charge in [0.25, 0.3) is 5.91 Å². The first-order valence-corrected chi connectivity index (χ1v) is 8.78. The Morgan fingerprint density at radius 1 is 1.50 bits per heavy atom. The van der Waals surface area contributed by atoms with Crippen molar-refractivity contribution in [1.29, 1.82) is 0 Å². The molecule has 1 unspecified atom stereocenters. The van der Waals surface area contributed by atoms with Gasteiger partial charge in [0.2, 0.25) is 5.01 Å². The van der Waals surface area contributed by atoms with Gasteiger partial charge in [-0.25, -0.2) is 18.2 Å². The molecule has 0 radical (unpaired) electrons. The molecule has 0 bridgehead atoms. The second-order valence-corrected chi connectivity index (χ2v) is 7.27. The van der Waals surface area contributed by atoms with E-state index in [4.69, 9.17) is 4.74 Å². The quantitative estimate of drug-likeness (QED) is 0.765. The Morgan fingerprint density at radius 3 is 2.70 bits per heavy atom. The van der Waals surface area contributed by atoms with Gasteiger partial charge in [-0.15, -0.1) is 11.3 Å². The molecule has 1 aromatic heterocycles. The molecule has 0 aliphatic carbocycles. The second-order valence-electron chi connectivity index (χ2n) is 4.23. The monoisotopic (exact) mass is 320 g/mol. The number of nitrogens with zero attached hydrogens (tertiary/aromatic N) is 1. The summed E-state index contributed by atoms with van der Waals surface area (Å²) in [5.41, 5.74) is 0.0680. The Balaban J connectivity index is 2.67. The molecule has 0 fully saturated rings. The lowest BCUT2D eigenvalue weighted by atomic mass is 10.3. The van der Waals surface area contributed by atoms with Crippen molar-refractivity contribution in [3.8, 4) is 0 Å². The SMILES string of the molecule is CCOC(=O)c1nc(C(=O)NC(C)CS(C)(=O)=O)cs1. The fourth-order valence-electron chi connectivity index (χ4n) is 1.46. The lowest BCUT2D eigenvalue weighted by Crippen LogP contribution is -2.37. The number of rotatable bonds is 6. The first-order chi connectivity index (χ1) is 9.23. The molecule has 0 saturated heterocycles. The van der Waals surface area contributed by atoms with Crippen molar-refractivity contribution >= 4 is 33.1 Å². The van der Waals surface area contributed by atoms with Crippen LogP contribution < -0.4 is 5.32 Å². The van der Waals surface area contributed by atoms with Crippen LogP contribution in [0.3, 0.4) is 0 Å². The van der Waals surface area contributed by atoms with Gasteiger partial charge in [0.05, 0.1) is 12.4 Å². The molecule has 0 aliphatic heterocycles. The fraction of sp³-hybridized carbons (Fsp3) is 0.545. The average Bonchev–Trinajstić information content (AvgIpc) is 2.75. The van der Waals surface area contributed by atoms with Crippen molar-refractivity contribution in [2.75, 3.05) is 18.6 Å². The van der Waals surface area contributed by atoms with E-state index in [1.807, 2.05) is 0 Å². The van der Waals surface area contributed by atoms with Crippen molar-refractivity contribution in [2.45, 2.75) is 19.9 Å². The summed E-state index contributed by atoms with van der Waals surface area (Å²) < 4.78 is 27.0. The smallest absolute Gasteiger partial charge is 0.367 e. The van der Waals surface area contributed by atoms with Crippen LogP contribution in [0.1, 0.15) is 34.1 Å². The van der Waals surface area contributed by atoms with Crippen molar-refractivity contribution in [3.63, 3.8) is 0 Å². The zero-order valence-corrected chi connectivity index (χ0v) is 13.0. The summed E-state index contributed by atoms with van der Waals surface area (Å²) in [5.74, 6) is -1.26. The first-order valence-electron chi connectivity index (χ1n) is 5.84. The Morgan fingerprint density at radius 2 is 2.15 bits per heavy atom. The van der Waals surface area contributed by atoms with E-state index in [-0.39, 0.29) is 23.1 Å². The molecule has 1 amide bonds. The predicted octanol–water partition coefficient (Wildman–Crippen LogP) is 0.483. The molecular weight excluding hydrogens is 304 g/mol. The molecule has 0 aromatic carbocycles. The van der Waals surface area contributed by atoms with Crippen LogP contribution in [0.5, 0.6) is 0 Å². The van der Waals surface area contributed by atoms with Crippen molar-refractivity contribution < 1.29 is 22.7 Å². The molecule has 20 heavy (non-hydrogen) atoms. The standard InChI is InChI=1S/C11H16N2O5S2/c1-4-18-11(15)10-13-8(5-19-10)9(14)12-7(2)6-20(3,16)17/h5,7H,4,6H2,1-3H3,(H,12,14). The van der Waals surface area contributed by atoms with E-state index in [9.17, 15) is 18.0 Å². The summed E-state index contributed by atoms with van der Waals surface area (Å²) in [7, 11) is -3.17.